The number of nitrogens with zero attached hydrogens (tertiary/aromatic N) is 3. The minimum absolute atomic E-state index is 0.333. The van der Waals surface area contributed by atoms with E-state index in [1.54, 1.807) is 24.4 Å². The van der Waals surface area contributed by atoms with Crippen molar-refractivity contribution in [3.63, 3.8) is 0 Å². The molecule has 0 saturated heterocycles. The Hall–Kier alpha value is -2.65. The number of anilines is 3. The lowest BCUT2D eigenvalue weighted by Crippen LogP contribution is -2.11. The van der Waals surface area contributed by atoms with Crippen molar-refractivity contribution in [3.05, 3.63) is 41.6 Å². The summed E-state index contributed by atoms with van der Waals surface area (Å²) in [5, 5.41) is 12.0. The van der Waals surface area contributed by atoms with Gasteiger partial charge in [0.2, 0.25) is 5.95 Å². The standard InChI is InChI=1S/C12H12N6/c1-8-7-15-12(18-14)17-11(8)16-10-4-2-3-9(5-10)6-13/h2-5,7H,14H2,1H3,(H2,15,16,17,18). The van der Waals surface area contributed by atoms with Gasteiger partial charge in [-0.25, -0.2) is 10.8 Å². The van der Waals surface area contributed by atoms with Crippen LogP contribution in [0.5, 0.6) is 0 Å². The number of hydrogen-bond donors (Lipinski definition) is 3. The monoisotopic (exact) mass is 240 g/mol. The number of hydrogen-bond acceptors (Lipinski definition) is 6. The number of aryl methyl sites for hydroxylation is 1. The summed E-state index contributed by atoms with van der Waals surface area (Å²) >= 11 is 0. The van der Waals surface area contributed by atoms with Gasteiger partial charge in [-0.3, -0.25) is 5.43 Å². The average molecular weight is 240 g/mol. The second-order valence-electron chi connectivity index (χ2n) is 3.69. The van der Waals surface area contributed by atoms with E-state index in [1.165, 1.54) is 0 Å². The molecule has 0 aliphatic rings. The topological polar surface area (TPSA) is 99.7 Å². The number of nitrogens with two attached hydrogens (primary N) is 1. The van der Waals surface area contributed by atoms with Crippen LogP contribution in [0.25, 0.3) is 0 Å². The molecule has 6 nitrogen and oxygen atoms in total. The van der Waals surface area contributed by atoms with Crippen molar-refractivity contribution in [1.82, 2.24) is 9.97 Å². The van der Waals surface area contributed by atoms with Crippen molar-refractivity contribution in [2.75, 3.05) is 10.7 Å². The fourth-order valence-corrected chi connectivity index (χ4v) is 1.44. The molecule has 1 aromatic carbocycles. The summed E-state index contributed by atoms with van der Waals surface area (Å²) in [6, 6.07) is 9.24. The molecule has 2 rings (SSSR count). The van der Waals surface area contributed by atoms with Crippen molar-refractivity contribution >= 4 is 17.5 Å². The molecule has 0 bridgehead atoms. The maximum absolute atomic E-state index is 8.83. The van der Waals surface area contributed by atoms with Crippen LogP contribution in [0, 0.1) is 18.3 Å². The third-order valence-electron chi connectivity index (χ3n) is 2.36. The third kappa shape index (κ3) is 2.53. The largest absolute Gasteiger partial charge is 0.340 e. The van der Waals surface area contributed by atoms with Gasteiger partial charge in [0.05, 0.1) is 11.6 Å². The number of rotatable bonds is 3. The summed E-state index contributed by atoms with van der Waals surface area (Å²) in [7, 11) is 0. The van der Waals surface area contributed by atoms with E-state index in [1.807, 2.05) is 13.0 Å². The highest BCUT2D eigenvalue weighted by atomic mass is 15.3. The average Bonchev–Trinajstić information content (AvgIpc) is 2.41. The zero-order chi connectivity index (χ0) is 13.0. The van der Waals surface area contributed by atoms with E-state index in [0.29, 0.717) is 17.3 Å². The van der Waals surface area contributed by atoms with E-state index in [-0.39, 0.29) is 0 Å². The Kier molecular flexibility index (Phi) is 3.36. The fraction of sp³-hybridized carbons (Fsp3) is 0.0833. The highest BCUT2D eigenvalue weighted by Gasteiger charge is 2.04. The maximum atomic E-state index is 8.83. The highest BCUT2D eigenvalue weighted by Crippen LogP contribution is 2.19. The van der Waals surface area contributed by atoms with Gasteiger partial charge in [0, 0.05) is 17.4 Å². The summed E-state index contributed by atoms with van der Waals surface area (Å²) < 4.78 is 0. The first-order chi connectivity index (χ1) is 8.72. The van der Waals surface area contributed by atoms with Gasteiger partial charge in [-0.2, -0.15) is 10.2 Å². The predicted molar refractivity (Wildman–Crippen MR) is 69.0 cm³/mol. The molecule has 0 amide bonds. The van der Waals surface area contributed by atoms with E-state index in [0.717, 1.165) is 11.3 Å². The van der Waals surface area contributed by atoms with Crippen molar-refractivity contribution in [3.8, 4) is 6.07 Å². The molecule has 0 fully saturated rings. The first-order valence-electron chi connectivity index (χ1n) is 5.30. The van der Waals surface area contributed by atoms with Crippen molar-refractivity contribution in [2.24, 2.45) is 5.84 Å². The predicted octanol–water partition coefficient (Wildman–Crippen LogP) is 1.69. The van der Waals surface area contributed by atoms with Crippen LogP contribution >= 0.6 is 0 Å². The molecule has 2 aromatic rings. The third-order valence-corrected chi connectivity index (χ3v) is 2.36. The molecule has 6 heteroatoms. The number of aromatic nitrogens is 2. The molecule has 0 spiro atoms. The van der Waals surface area contributed by atoms with E-state index >= 15 is 0 Å². The summed E-state index contributed by atoms with van der Waals surface area (Å²) in [6.07, 6.45) is 1.67. The van der Waals surface area contributed by atoms with Gasteiger partial charge >= 0.3 is 0 Å². The zero-order valence-corrected chi connectivity index (χ0v) is 9.81. The molecule has 0 unspecified atom stereocenters. The lowest BCUT2D eigenvalue weighted by atomic mass is 10.2. The van der Waals surface area contributed by atoms with E-state index < -0.39 is 0 Å². The van der Waals surface area contributed by atoms with Gasteiger partial charge in [0.1, 0.15) is 5.82 Å². The van der Waals surface area contributed by atoms with Crippen molar-refractivity contribution in [2.45, 2.75) is 6.92 Å². The number of hydrazine groups is 1. The Morgan fingerprint density at radius 2 is 2.22 bits per heavy atom. The molecule has 1 heterocycles. The normalized spacial score (nSPS) is 9.61. The van der Waals surface area contributed by atoms with Gasteiger partial charge < -0.3 is 5.32 Å². The number of nitriles is 1. The Balaban J connectivity index is 2.30. The van der Waals surface area contributed by atoms with E-state index in [9.17, 15) is 0 Å². The van der Waals surface area contributed by atoms with Crippen LogP contribution in [0.1, 0.15) is 11.1 Å². The van der Waals surface area contributed by atoms with Gasteiger partial charge in [-0.1, -0.05) is 6.07 Å². The summed E-state index contributed by atoms with van der Waals surface area (Å²) in [4.78, 5) is 8.19. The fourth-order valence-electron chi connectivity index (χ4n) is 1.44. The van der Waals surface area contributed by atoms with Crippen LogP contribution in [0.2, 0.25) is 0 Å². The zero-order valence-electron chi connectivity index (χ0n) is 9.81. The molecular formula is C12H12N6. The van der Waals surface area contributed by atoms with Crippen molar-refractivity contribution in [1.29, 1.82) is 5.26 Å². The Labute approximate surface area is 104 Å². The van der Waals surface area contributed by atoms with Crippen molar-refractivity contribution < 1.29 is 0 Å². The lowest BCUT2D eigenvalue weighted by Gasteiger charge is -2.09. The SMILES string of the molecule is Cc1cnc(NN)nc1Nc1cccc(C#N)c1. The smallest absolute Gasteiger partial charge is 0.239 e. The summed E-state index contributed by atoms with van der Waals surface area (Å²) in [5.74, 6) is 6.24. The minimum atomic E-state index is 0.333. The number of nitrogen functional groups attached to an aromatic ring is 1. The van der Waals surface area contributed by atoms with Crippen LogP contribution in [-0.4, -0.2) is 9.97 Å². The Bertz CT molecular complexity index is 602. The van der Waals surface area contributed by atoms with E-state index in [4.69, 9.17) is 11.1 Å². The van der Waals surface area contributed by atoms with Crippen LogP contribution in [0.4, 0.5) is 17.5 Å². The van der Waals surface area contributed by atoms with Crippen LogP contribution in [0.15, 0.2) is 30.5 Å². The minimum Gasteiger partial charge on any atom is -0.340 e. The maximum Gasteiger partial charge on any atom is 0.239 e. The van der Waals surface area contributed by atoms with E-state index in [2.05, 4.69) is 26.8 Å². The molecule has 0 aliphatic heterocycles. The van der Waals surface area contributed by atoms with Gasteiger partial charge in [-0.15, -0.1) is 0 Å². The molecular weight excluding hydrogens is 228 g/mol. The quantitative estimate of drug-likeness (QED) is 0.557. The number of nitrogens with one attached hydrogen (secondary N) is 2. The van der Waals surface area contributed by atoms with Crippen LogP contribution in [-0.2, 0) is 0 Å². The number of benzene rings is 1. The first kappa shape index (κ1) is 11.8. The second kappa shape index (κ2) is 5.12. The summed E-state index contributed by atoms with van der Waals surface area (Å²) in [5.41, 5.74) is 4.65. The first-order valence-corrected chi connectivity index (χ1v) is 5.30. The highest BCUT2D eigenvalue weighted by molar-refractivity contribution is 5.61. The Morgan fingerprint density at radius 3 is 2.94 bits per heavy atom. The van der Waals surface area contributed by atoms with Gasteiger partial charge in [0.15, 0.2) is 0 Å². The molecule has 0 atom stereocenters. The van der Waals surface area contributed by atoms with Gasteiger partial charge in [0.25, 0.3) is 0 Å². The van der Waals surface area contributed by atoms with Crippen LogP contribution in [0.3, 0.4) is 0 Å². The molecule has 4 N–H and O–H groups in total. The molecule has 0 radical (unpaired) electrons. The Morgan fingerprint density at radius 1 is 1.39 bits per heavy atom. The molecule has 90 valence electrons. The second-order valence-corrected chi connectivity index (χ2v) is 3.69. The lowest BCUT2D eigenvalue weighted by molar-refractivity contribution is 1.09. The van der Waals surface area contributed by atoms with Crippen LogP contribution < -0.4 is 16.6 Å². The molecule has 0 saturated carbocycles. The molecule has 0 aliphatic carbocycles. The van der Waals surface area contributed by atoms with Gasteiger partial charge in [-0.05, 0) is 25.1 Å². The molecule has 18 heavy (non-hydrogen) atoms. The molecule has 1 aromatic heterocycles. The summed E-state index contributed by atoms with van der Waals surface area (Å²) in [6.45, 7) is 1.89.